The summed E-state index contributed by atoms with van der Waals surface area (Å²) in [4.78, 5) is 0. The van der Waals surface area contributed by atoms with E-state index in [1.165, 1.54) is 0 Å². The quantitative estimate of drug-likeness (QED) is 0.204. The second-order valence-electron chi connectivity index (χ2n) is 4.79. The van der Waals surface area contributed by atoms with E-state index in [2.05, 4.69) is 17.4 Å². The van der Waals surface area contributed by atoms with Gasteiger partial charge in [0.05, 0.1) is 0 Å². The minimum absolute atomic E-state index is 0.0561. The van der Waals surface area contributed by atoms with Crippen LogP contribution in [0.4, 0.5) is 0 Å². The molecule has 0 saturated heterocycles. The second kappa shape index (κ2) is 10.4. The molecular formula is C15H24ClN3O2. The van der Waals surface area contributed by atoms with E-state index >= 15 is 0 Å². The Morgan fingerprint density at radius 3 is 2.81 bits per heavy atom. The molecule has 1 rings (SSSR count). The van der Waals surface area contributed by atoms with Gasteiger partial charge >= 0.3 is 0 Å². The molecule has 0 atom stereocenters. The number of hydrogen-bond acceptors (Lipinski definition) is 4. The number of halogens is 1. The van der Waals surface area contributed by atoms with Gasteiger partial charge in [0, 0.05) is 30.3 Å². The lowest BCUT2D eigenvalue weighted by molar-refractivity contribution is 0.129. The Bertz CT molecular complexity index is 453. The van der Waals surface area contributed by atoms with E-state index in [1.54, 1.807) is 12.1 Å². The smallest absolute Gasteiger partial charge is 0.170 e. The first-order chi connectivity index (χ1) is 10.2. The van der Waals surface area contributed by atoms with Crippen molar-refractivity contribution >= 4 is 17.4 Å². The molecule has 0 amide bonds. The molecule has 0 aliphatic heterocycles. The maximum Gasteiger partial charge on any atom is 0.170 e. The first kappa shape index (κ1) is 17.8. The molecule has 118 valence electrons. The largest absolute Gasteiger partial charge is 0.409 e. The van der Waals surface area contributed by atoms with Gasteiger partial charge in [0.1, 0.15) is 0 Å². The van der Waals surface area contributed by atoms with E-state index in [9.17, 15) is 0 Å². The average molecular weight is 314 g/mol. The number of rotatable bonds is 10. The van der Waals surface area contributed by atoms with Crippen molar-refractivity contribution < 1.29 is 9.94 Å². The van der Waals surface area contributed by atoms with Gasteiger partial charge in [0.2, 0.25) is 0 Å². The predicted octanol–water partition coefficient (Wildman–Crippen LogP) is 2.73. The van der Waals surface area contributed by atoms with Crippen LogP contribution in [0.2, 0.25) is 5.02 Å². The van der Waals surface area contributed by atoms with Gasteiger partial charge in [-0.1, -0.05) is 42.2 Å². The fourth-order valence-corrected chi connectivity index (χ4v) is 2.03. The number of unbranched alkanes of at least 4 members (excludes halogenated alkanes) is 1. The first-order valence-corrected chi connectivity index (χ1v) is 7.61. The fraction of sp³-hybridized carbons (Fsp3) is 0.533. The molecule has 0 heterocycles. The number of amidine groups is 1. The second-order valence-corrected chi connectivity index (χ2v) is 5.19. The van der Waals surface area contributed by atoms with Gasteiger partial charge in [-0.3, -0.25) is 0 Å². The molecule has 0 aliphatic rings. The average Bonchev–Trinajstić information content (AvgIpc) is 2.50. The lowest BCUT2D eigenvalue weighted by Crippen LogP contribution is -2.17. The summed E-state index contributed by atoms with van der Waals surface area (Å²) in [5.41, 5.74) is 7.11. The van der Waals surface area contributed by atoms with Gasteiger partial charge < -0.3 is 21.0 Å². The van der Waals surface area contributed by atoms with Crippen LogP contribution in [0.1, 0.15) is 37.3 Å². The SMILES string of the molecule is CCCCOCCCNCc1ccc(/C(N)=N/O)cc1Cl. The summed E-state index contributed by atoms with van der Waals surface area (Å²) in [5, 5.41) is 15.5. The van der Waals surface area contributed by atoms with Gasteiger partial charge in [-0.25, -0.2) is 0 Å². The molecule has 4 N–H and O–H groups in total. The van der Waals surface area contributed by atoms with Crippen molar-refractivity contribution in [3.63, 3.8) is 0 Å². The Morgan fingerprint density at radius 2 is 2.14 bits per heavy atom. The standard InChI is InChI=1S/C15H24ClN3O2/c1-2-3-8-21-9-4-7-18-11-13-6-5-12(10-14(13)16)15(17)19-20/h5-6,10,18,20H,2-4,7-9,11H2,1H3,(H2,17,19). The Morgan fingerprint density at radius 1 is 1.38 bits per heavy atom. The fourth-order valence-electron chi connectivity index (χ4n) is 1.78. The van der Waals surface area contributed by atoms with Crippen molar-refractivity contribution in [2.45, 2.75) is 32.7 Å². The third-order valence-corrected chi connectivity index (χ3v) is 3.41. The summed E-state index contributed by atoms with van der Waals surface area (Å²) in [7, 11) is 0. The van der Waals surface area contributed by atoms with Crippen LogP contribution in [-0.4, -0.2) is 30.8 Å². The number of benzene rings is 1. The molecule has 0 saturated carbocycles. The van der Waals surface area contributed by atoms with Crippen LogP contribution in [-0.2, 0) is 11.3 Å². The van der Waals surface area contributed by atoms with E-state index in [-0.39, 0.29) is 5.84 Å². The molecule has 1 aromatic rings. The van der Waals surface area contributed by atoms with E-state index in [1.807, 2.05) is 6.07 Å². The highest BCUT2D eigenvalue weighted by Crippen LogP contribution is 2.17. The Labute approximate surface area is 131 Å². The van der Waals surface area contributed by atoms with Gasteiger partial charge in [0.25, 0.3) is 0 Å². The topological polar surface area (TPSA) is 79.9 Å². The lowest BCUT2D eigenvalue weighted by Gasteiger charge is -2.08. The molecule has 0 fully saturated rings. The van der Waals surface area contributed by atoms with Gasteiger partial charge in [-0.05, 0) is 31.0 Å². The molecule has 0 bridgehead atoms. The van der Waals surface area contributed by atoms with Gasteiger partial charge in [-0.2, -0.15) is 0 Å². The van der Waals surface area contributed by atoms with Crippen molar-refractivity contribution in [3.05, 3.63) is 34.3 Å². The minimum atomic E-state index is 0.0561. The van der Waals surface area contributed by atoms with Crippen LogP contribution < -0.4 is 11.1 Å². The number of nitrogens with zero attached hydrogens (tertiary/aromatic N) is 1. The monoisotopic (exact) mass is 313 g/mol. The number of oxime groups is 1. The molecule has 5 nitrogen and oxygen atoms in total. The Kier molecular flexibility index (Phi) is 8.82. The number of ether oxygens (including phenoxy) is 1. The normalized spacial score (nSPS) is 11.8. The summed E-state index contributed by atoms with van der Waals surface area (Å²) in [6, 6.07) is 5.35. The van der Waals surface area contributed by atoms with E-state index in [0.29, 0.717) is 17.1 Å². The molecule has 0 aromatic heterocycles. The molecule has 1 aromatic carbocycles. The maximum absolute atomic E-state index is 8.62. The van der Waals surface area contributed by atoms with E-state index < -0.39 is 0 Å². The summed E-state index contributed by atoms with van der Waals surface area (Å²) in [5.74, 6) is 0.0561. The van der Waals surface area contributed by atoms with Crippen LogP contribution in [0.3, 0.4) is 0 Å². The summed E-state index contributed by atoms with van der Waals surface area (Å²) in [6.07, 6.45) is 3.26. The van der Waals surface area contributed by atoms with Crippen molar-refractivity contribution in [1.29, 1.82) is 0 Å². The van der Waals surface area contributed by atoms with Crippen molar-refractivity contribution in [1.82, 2.24) is 5.32 Å². The van der Waals surface area contributed by atoms with Crippen LogP contribution in [0, 0.1) is 0 Å². The Hall–Kier alpha value is -1.30. The van der Waals surface area contributed by atoms with Gasteiger partial charge in [0.15, 0.2) is 5.84 Å². The molecule has 0 aliphatic carbocycles. The Balaban J connectivity index is 2.26. The zero-order valence-electron chi connectivity index (χ0n) is 12.4. The first-order valence-electron chi connectivity index (χ1n) is 7.23. The third kappa shape index (κ3) is 6.80. The predicted molar refractivity (Wildman–Crippen MR) is 86.0 cm³/mol. The highest BCUT2D eigenvalue weighted by Gasteiger charge is 2.04. The van der Waals surface area contributed by atoms with Crippen LogP contribution >= 0.6 is 11.6 Å². The van der Waals surface area contributed by atoms with Crippen LogP contribution in [0.5, 0.6) is 0 Å². The van der Waals surface area contributed by atoms with E-state index in [0.717, 1.165) is 44.6 Å². The summed E-state index contributed by atoms with van der Waals surface area (Å²) < 4.78 is 5.49. The lowest BCUT2D eigenvalue weighted by atomic mass is 10.1. The molecule has 6 heteroatoms. The third-order valence-electron chi connectivity index (χ3n) is 3.06. The number of nitrogens with one attached hydrogen (secondary N) is 1. The van der Waals surface area contributed by atoms with Crippen molar-refractivity contribution in [2.24, 2.45) is 10.9 Å². The zero-order valence-corrected chi connectivity index (χ0v) is 13.2. The number of nitrogens with two attached hydrogens (primary N) is 1. The van der Waals surface area contributed by atoms with Crippen LogP contribution in [0.15, 0.2) is 23.4 Å². The van der Waals surface area contributed by atoms with Crippen LogP contribution in [0.25, 0.3) is 0 Å². The summed E-state index contributed by atoms with van der Waals surface area (Å²) >= 11 is 6.17. The molecule has 0 radical (unpaired) electrons. The molecule has 0 unspecified atom stereocenters. The van der Waals surface area contributed by atoms with E-state index in [4.69, 9.17) is 27.3 Å². The van der Waals surface area contributed by atoms with Crippen molar-refractivity contribution in [2.75, 3.05) is 19.8 Å². The zero-order chi connectivity index (χ0) is 15.5. The van der Waals surface area contributed by atoms with Gasteiger partial charge in [-0.15, -0.1) is 0 Å². The molecule has 21 heavy (non-hydrogen) atoms. The highest BCUT2D eigenvalue weighted by atomic mass is 35.5. The number of hydrogen-bond donors (Lipinski definition) is 3. The van der Waals surface area contributed by atoms with Crippen molar-refractivity contribution in [3.8, 4) is 0 Å². The maximum atomic E-state index is 8.62. The molecule has 0 spiro atoms. The minimum Gasteiger partial charge on any atom is -0.409 e. The molecular weight excluding hydrogens is 290 g/mol. The highest BCUT2D eigenvalue weighted by molar-refractivity contribution is 6.31. The summed E-state index contributed by atoms with van der Waals surface area (Å²) in [6.45, 7) is 5.34.